The molecule has 11 heteroatoms. The predicted molar refractivity (Wildman–Crippen MR) is 194 cm³/mol. The van der Waals surface area contributed by atoms with E-state index in [0.717, 1.165) is 16.8 Å². The summed E-state index contributed by atoms with van der Waals surface area (Å²) in [5.41, 5.74) is 3.71. The van der Waals surface area contributed by atoms with Gasteiger partial charge in [-0.3, -0.25) is 24.5 Å². The number of thioether (sulfide) groups is 1. The third-order valence-corrected chi connectivity index (χ3v) is 8.53. The number of hydrogen-bond acceptors (Lipinski definition) is 7. The van der Waals surface area contributed by atoms with Crippen LogP contribution in [0, 0.1) is 10.1 Å². The van der Waals surface area contributed by atoms with E-state index in [1.165, 1.54) is 36.0 Å². The van der Waals surface area contributed by atoms with Gasteiger partial charge < -0.3 is 20.9 Å². The van der Waals surface area contributed by atoms with Crippen molar-refractivity contribution < 1.29 is 19.3 Å². The topological polar surface area (TPSA) is 134 Å². The fourth-order valence-electron chi connectivity index (χ4n) is 4.73. The summed E-state index contributed by atoms with van der Waals surface area (Å²) in [5.74, 6) is -1.28. The number of non-ortho nitro benzene ring substituents is 1. The third kappa shape index (κ3) is 9.43. The second kappa shape index (κ2) is 16.1. The highest BCUT2D eigenvalue weighted by Gasteiger charge is 2.23. The van der Waals surface area contributed by atoms with Crippen LogP contribution in [0.4, 0.5) is 22.7 Å². The first-order chi connectivity index (χ1) is 23.7. The van der Waals surface area contributed by atoms with Crippen molar-refractivity contribution in [3.05, 3.63) is 166 Å². The lowest BCUT2D eigenvalue weighted by atomic mass is 10.1. The molecule has 0 saturated carbocycles. The lowest BCUT2D eigenvalue weighted by molar-refractivity contribution is -0.384. The number of nitrogens with zero attached hydrogens (tertiary/aromatic N) is 2. The maximum absolute atomic E-state index is 13.7. The molecule has 0 saturated heterocycles. The van der Waals surface area contributed by atoms with Gasteiger partial charge in [0.25, 0.3) is 17.5 Å². The van der Waals surface area contributed by atoms with Crippen molar-refractivity contribution in [1.82, 2.24) is 5.32 Å². The third-order valence-electron chi connectivity index (χ3n) is 7.28. The zero-order valence-corrected chi connectivity index (χ0v) is 27.5. The van der Waals surface area contributed by atoms with Gasteiger partial charge in [0.15, 0.2) is 0 Å². The van der Waals surface area contributed by atoms with Crippen molar-refractivity contribution in [3.63, 3.8) is 0 Å². The first kappa shape index (κ1) is 34.1. The quantitative estimate of drug-likeness (QED) is 0.0540. The summed E-state index contributed by atoms with van der Waals surface area (Å²) < 4.78 is 0. The molecule has 1 unspecified atom stereocenters. The molecule has 0 bridgehead atoms. The van der Waals surface area contributed by atoms with Gasteiger partial charge in [0, 0.05) is 53.7 Å². The number of nitrogens with one attached hydrogen (secondary N) is 3. The molecule has 0 radical (unpaired) electrons. The zero-order valence-electron chi connectivity index (χ0n) is 26.7. The summed E-state index contributed by atoms with van der Waals surface area (Å²) in [7, 11) is 3.87. The smallest absolute Gasteiger partial charge is 0.272 e. The van der Waals surface area contributed by atoms with Crippen LogP contribution in [0.5, 0.6) is 0 Å². The molecule has 49 heavy (non-hydrogen) atoms. The molecule has 0 aliphatic rings. The van der Waals surface area contributed by atoms with Crippen LogP contribution in [-0.2, 0) is 9.59 Å². The Kier molecular flexibility index (Phi) is 11.2. The summed E-state index contributed by atoms with van der Waals surface area (Å²) in [5, 5.41) is 18.9. The summed E-state index contributed by atoms with van der Waals surface area (Å²) in [6, 6.07) is 38.1. The van der Waals surface area contributed by atoms with Crippen LogP contribution in [0.2, 0.25) is 0 Å². The molecule has 5 aromatic rings. The fourth-order valence-corrected chi connectivity index (χ4v) is 5.82. The summed E-state index contributed by atoms with van der Waals surface area (Å²) in [6.07, 6.45) is 1.61. The van der Waals surface area contributed by atoms with Crippen molar-refractivity contribution in [3.8, 4) is 0 Å². The number of hydrogen-bond donors (Lipinski definition) is 3. The normalized spacial score (nSPS) is 11.6. The minimum atomic E-state index is -0.687. The van der Waals surface area contributed by atoms with Gasteiger partial charge >= 0.3 is 0 Å². The van der Waals surface area contributed by atoms with Gasteiger partial charge in [-0.05, 0) is 71.8 Å². The Bertz CT molecular complexity index is 1970. The fraction of sp³-hybridized carbons (Fsp3) is 0.0789. The largest absolute Gasteiger partial charge is 0.378 e. The number of rotatable bonds is 12. The summed E-state index contributed by atoms with van der Waals surface area (Å²) in [4.78, 5) is 53.5. The standard InChI is InChI=1S/C38H33N5O5S/c1-42(2)31-20-16-26(17-21-31)24-34(41-36(44)28-12-7-4-8-13-28)37(45)40-30-14-9-15-33(25-30)49-35(27-10-5-3-6-11-27)38(46)39-29-18-22-32(23-19-29)43(47)48/h3-25,35H,1-2H3,(H,39,46)(H,40,45)(H,41,44)/b34-24+. The molecule has 1 atom stereocenters. The molecule has 0 aromatic heterocycles. The first-order valence-electron chi connectivity index (χ1n) is 15.2. The Hall–Kier alpha value is -6.20. The van der Waals surface area contributed by atoms with Crippen LogP contribution in [0.1, 0.15) is 26.7 Å². The molecular weight excluding hydrogens is 639 g/mol. The average Bonchev–Trinajstić information content (AvgIpc) is 3.11. The van der Waals surface area contributed by atoms with Crippen molar-refractivity contribution in [2.45, 2.75) is 10.1 Å². The predicted octanol–water partition coefficient (Wildman–Crippen LogP) is 7.54. The second-order valence-corrected chi connectivity index (χ2v) is 12.2. The molecule has 0 spiro atoms. The van der Waals surface area contributed by atoms with Crippen molar-refractivity contribution in [1.29, 1.82) is 0 Å². The molecule has 10 nitrogen and oxygen atoms in total. The number of anilines is 3. The number of benzene rings is 5. The Morgan fingerprint density at radius 1 is 0.755 bits per heavy atom. The highest BCUT2D eigenvalue weighted by molar-refractivity contribution is 8.00. The number of nitro groups is 1. The van der Waals surface area contributed by atoms with Gasteiger partial charge in [-0.25, -0.2) is 0 Å². The SMILES string of the molecule is CN(C)c1ccc(/C=C(/NC(=O)c2ccccc2)C(=O)Nc2cccc(SC(C(=O)Nc3ccc([N+](=O)[O-])cc3)c3ccccc3)c2)cc1. The van der Waals surface area contributed by atoms with E-state index in [9.17, 15) is 24.5 Å². The van der Waals surface area contributed by atoms with Crippen molar-refractivity contribution in [2.24, 2.45) is 0 Å². The molecule has 5 aromatic carbocycles. The van der Waals surface area contributed by atoms with E-state index in [-0.39, 0.29) is 17.3 Å². The molecule has 246 valence electrons. The van der Waals surface area contributed by atoms with Gasteiger partial charge in [0.2, 0.25) is 5.91 Å². The first-order valence-corrected chi connectivity index (χ1v) is 16.1. The molecule has 5 rings (SSSR count). The van der Waals surface area contributed by atoms with Gasteiger partial charge in [-0.1, -0.05) is 66.7 Å². The van der Waals surface area contributed by atoms with E-state index < -0.39 is 22.0 Å². The maximum atomic E-state index is 13.7. The van der Waals surface area contributed by atoms with E-state index in [2.05, 4.69) is 16.0 Å². The number of carbonyl (C=O) groups is 3. The average molecular weight is 672 g/mol. The number of amides is 3. The van der Waals surface area contributed by atoms with Gasteiger partial charge in [0.05, 0.1) is 4.92 Å². The van der Waals surface area contributed by atoms with E-state index in [1.54, 1.807) is 54.6 Å². The van der Waals surface area contributed by atoms with Crippen molar-refractivity contribution >= 4 is 58.3 Å². The van der Waals surface area contributed by atoms with Gasteiger partial charge in [-0.15, -0.1) is 11.8 Å². The van der Waals surface area contributed by atoms with Crippen LogP contribution in [0.15, 0.2) is 144 Å². The highest BCUT2D eigenvalue weighted by atomic mass is 32.2. The maximum Gasteiger partial charge on any atom is 0.272 e. The van der Waals surface area contributed by atoms with Crippen LogP contribution >= 0.6 is 11.8 Å². The molecule has 0 aliphatic carbocycles. The van der Waals surface area contributed by atoms with Gasteiger partial charge in [-0.2, -0.15) is 0 Å². The monoisotopic (exact) mass is 671 g/mol. The van der Waals surface area contributed by atoms with Crippen LogP contribution in [0.25, 0.3) is 6.08 Å². The molecular formula is C38H33N5O5S. The Labute approximate surface area is 288 Å². The molecule has 3 amide bonds. The van der Waals surface area contributed by atoms with Gasteiger partial charge in [0.1, 0.15) is 10.9 Å². The Balaban J connectivity index is 1.37. The molecule has 0 fully saturated rings. The van der Waals surface area contributed by atoms with Crippen molar-refractivity contribution in [2.75, 3.05) is 29.6 Å². The zero-order chi connectivity index (χ0) is 34.8. The lowest BCUT2D eigenvalue weighted by Gasteiger charge is -2.18. The second-order valence-electron chi connectivity index (χ2n) is 11.0. The van der Waals surface area contributed by atoms with E-state index in [4.69, 9.17) is 0 Å². The number of carbonyl (C=O) groups excluding carboxylic acids is 3. The van der Waals surface area contributed by atoms with E-state index >= 15 is 0 Å². The van der Waals surface area contributed by atoms with Crippen LogP contribution in [-0.4, -0.2) is 36.7 Å². The van der Waals surface area contributed by atoms with Crippen LogP contribution < -0.4 is 20.9 Å². The number of nitro benzene ring substituents is 1. The van der Waals surface area contributed by atoms with E-state index in [0.29, 0.717) is 21.8 Å². The Morgan fingerprint density at radius 2 is 1.41 bits per heavy atom. The van der Waals surface area contributed by atoms with E-state index in [1.807, 2.05) is 79.7 Å². The molecule has 0 aliphatic heterocycles. The summed E-state index contributed by atoms with van der Waals surface area (Å²) >= 11 is 1.28. The molecule has 3 N–H and O–H groups in total. The highest BCUT2D eigenvalue weighted by Crippen LogP contribution is 2.37. The minimum absolute atomic E-state index is 0.0501. The summed E-state index contributed by atoms with van der Waals surface area (Å²) in [6.45, 7) is 0. The lowest BCUT2D eigenvalue weighted by Crippen LogP contribution is -2.30. The minimum Gasteiger partial charge on any atom is -0.378 e. The Morgan fingerprint density at radius 3 is 2.04 bits per heavy atom. The van der Waals surface area contributed by atoms with Crippen LogP contribution in [0.3, 0.4) is 0 Å². The molecule has 0 heterocycles.